The number of hydrogen-bond donors (Lipinski definition) is 0. The van der Waals surface area contributed by atoms with Gasteiger partial charge in [-0.15, -0.1) is 0 Å². The van der Waals surface area contributed by atoms with E-state index < -0.39 is 0 Å². The summed E-state index contributed by atoms with van der Waals surface area (Å²) in [5, 5.41) is 4.87. The minimum Gasteiger partial charge on any atom is -0.454 e. The quantitative estimate of drug-likeness (QED) is 0.144. The summed E-state index contributed by atoms with van der Waals surface area (Å²) in [6.45, 7) is 4.57. The summed E-state index contributed by atoms with van der Waals surface area (Å²) in [5.41, 5.74) is 25.7. The number of aromatic nitrogens is 12. The SMILES string of the molecule is CCC(C)c1cc(-c2ccc3oc4c(-n5c6ccncc6c6ncccc65)cc(-n5c6cccnc6c6ncccc65)cc4c3c2)cc(-c2ccc3oc4c(-n5c6cccnc6c6ncccc65)cc(-n5c6cccnc6c6ncccc65)cc4c3c2)c1. The van der Waals surface area contributed by atoms with Crippen molar-refractivity contribution in [2.45, 2.75) is 26.2 Å². The zero-order chi connectivity index (χ0) is 57.9. The third kappa shape index (κ3) is 6.87. The van der Waals surface area contributed by atoms with Crippen molar-refractivity contribution in [3.8, 4) is 45.0 Å². The predicted molar refractivity (Wildman–Crippen MR) is 350 cm³/mol. The van der Waals surface area contributed by atoms with Crippen LogP contribution in [-0.4, -0.2) is 58.1 Å². The fourth-order valence-corrected chi connectivity index (χ4v) is 13.8. The molecule has 0 saturated heterocycles. The molecule has 88 heavy (non-hydrogen) atoms. The molecular formula is C74H46N12O2. The van der Waals surface area contributed by atoms with E-state index in [1.807, 2.05) is 98.2 Å². The van der Waals surface area contributed by atoms with E-state index in [2.05, 4.69) is 164 Å². The Morgan fingerprint density at radius 1 is 0.341 bits per heavy atom. The second-order valence-electron chi connectivity index (χ2n) is 22.8. The molecule has 414 valence electrons. The Morgan fingerprint density at radius 2 is 0.727 bits per heavy atom. The van der Waals surface area contributed by atoms with E-state index in [-0.39, 0.29) is 5.92 Å². The number of pyridine rings is 8. The molecule has 0 N–H and O–H groups in total. The van der Waals surface area contributed by atoms with Crippen LogP contribution in [0.4, 0.5) is 0 Å². The highest BCUT2D eigenvalue weighted by Crippen LogP contribution is 2.45. The zero-order valence-corrected chi connectivity index (χ0v) is 47.3. The van der Waals surface area contributed by atoms with Crippen LogP contribution in [0.15, 0.2) is 234 Å². The van der Waals surface area contributed by atoms with Gasteiger partial charge in [0, 0.05) is 94.1 Å². The van der Waals surface area contributed by atoms with Crippen LogP contribution < -0.4 is 0 Å². The molecule has 14 heteroatoms. The van der Waals surface area contributed by atoms with Gasteiger partial charge in [-0.2, -0.15) is 0 Å². The fraction of sp³-hybridized carbons (Fsp3) is 0.0541. The second kappa shape index (κ2) is 18.3. The number of fused-ring (bicyclic) bond motifs is 18. The molecule has 1 unspecified atom stereocenters. The smallest absolute Gasteiger partial charge is 0.159 e. The van der Waals surface area contributed by atoms with Crippen LogP contribution in [0.3, 0.4) is 0 Å². The van der Waals surface area contributed by atoms with Crippen molar-refractivity contribution < 1.29 is 8.83 Å². The summed E-state index contributed by atoms with van der Waals surface area (Å²) in [6, 6.07) is 60.0. The highest BCUT2D eigenvalue weighted by Gasteiger charge is 2.26. The summed E-state index contributed by atoms with van der Waals surface area (Å²) in [6.07, 6.45) is 17.5. The van der Waals surface area contributed by atoms with E-state index in [1.54, 1.807) is 0 Å². The second-order valence-corrected chi connectivity index (χ2v) is 22.8. The third-order valence-corrected chi connectivity index (χ3v) is 18.0. The highest BCUT2D eigenvalue weighted by molar-refractivity contribution is 6.16. The number of hydrogen-bond acceptors (Lipinski definition) is 10. The van der Waals surface area contributed by atoms with Crippen LogP contribution >= 0.6 is 0 Å². The normalized spacial score (nSPS) is 12.7. The Bertz CT molecular complexity index is 5600. The van der Waals surface area contributed by atoms with Gasteiger partial charge in [0.25, 0.3) is 0 Å². The van der Waals surface area contributed by atoms with Crippen molar-refractivity contribution in [3.63, 3.8) is 0 Å². The first-order valence-electron chi connectivity index (χ1n) is 29.5. The third-order valence-electron chi connectivity index (χ3n) is 18.0. The van der Waals surface area contributed by atoms with Gasteiger partial charge in [0.2, 0.25) is 0 Å². The molecule has 14 heterocycles. The molecule has 14 nitrogen and oxygen atoms in total. The molecule has 0 saturated carbocycles. The Kier molecular flexibility index (Phi) is 10.1. The summed E-state index contributed by atoms with van der Waals surface area (Å²) in [7, 11) is 0. The zero-order valence-electron chi connectivity index (χ0n) is 47.3. The maximum Gasteiger partial charge on any atom is 0.159 e. The van der Waals surface area contributed by atoms with Crippen molar-refractivity contribution in [1.29, 1.82) is 0 Å². The lowest BCUT2D eigenvalue weighted by atomic mass is 9.89. The number of nitrogens with zero attached hydrogens (tertiary/aromatic N) is 12. The monoisotopic (exact) mass is 1130 g/mol. The van der Waals surface area contributed by atoms with E-state index in [1.165, 1.54) is 5.56 Å². The minimum absolute atomic E-state index is 0.280. The highest BCUT2D eigenvalue weighted by atomic mass is 16.3. The Labute approximate surface area is 498 Å². The van der Waals surface area contributed by atoms with E-state index in [4.69, 9.17) is 43.7 Å². The van der Waals surface area contributed by atoms with Gasteiger partial charge in [0.15, 0.2) is 11.2 Å². The van der Waals surface area contributed by atoms with Crippen molar-refractivity contribution in [2.75, 3.05) is 0 Å². The maximum absolute atomic E-state index is 7.12. The van der Waals surface area contributed by atoms with E-state index >= 15 is 0 Å². The van der Waals surface area contributed by atoms with Crippen molar-refractivity contribution in [2.24, 2.45) is 0 Å². The van der Waals surface area contributed by atoms with E-state index in [0.717, 1.165) is 183 Å². The number of furan rings is 2. The van der Waals surface area contributed by atoms with Gasteiger partial charge in [-0.1, -0.05) is 38.1 Å². The van der Waals surface area contributed by atoms with E-state index in [9.17, 15) is 0 Å². The first-order valence-corrected chi connectivity index (χ1v) is 29.5. The average molecular weight is 1140 g/mol. The molecule has 0 amide bonds. The van der Waals surface area contributed by atoms with Crippen LogP contribution in [0.5, 0.6) is 0 Å². The van der Waals surface area contributed by atoms with Crippen LogP contribution in [0.2, 0.25) is 0 Å². The lowest BCUT2D eigenvalue weighted by Crippen LogP contribution is -2.00. The first-order chi connectivity index (χ1) is 43.5. The Hall–Kier alpha value is -11.9. The molecule has 14 aromatic heterocycles. The average Bonchev–Trinajstić information content (AvgIpc) is 2.20. The van der Waals surface area contributed by atoms with Gasteiger partial charge in [-0.25, -0.2) is 0 Å². The van der Waals surface area contributed by atoms with Gasteiger partial charge in [0.1, 0.15) is 44.3 Å². The van der Waals surface area contributed by atoms with Crippen LogP contribution in [0.1, 0.15) is 31.7 Å². The molecule has 19 aromatic rings. The summed E-state index contributed by atoms with van der Waals surface area (Å²) < 4.78 is 23.3. The topological polar surface area (TPSA) is 149 Å². The van der Waals surface area contributed by atoms with Gasteiger partial charge in [-0.05, 0) is 186 Å². The summed E-state index contributed by atoms with van der Waals surface area (Å²) >= 11 is 0. The Balaban J connectivity index is 0.830. The largest absolute Gasteiger partial charge is 0.454 e. The molecule has 1 atom stereocenters. The molecule has 19 rings (SSSR count). The molecule has 0 bridgehead atoms. The first kappa shape index (κ1) is 48.5. The minimum atomic E-state index is 0.280. The summed E-state index contributed by atoms with van der Waals surface area (Å²) in [4.78, 5) is 38.6. The molecule has 0 aliphatic heterocycles. The molecule has 0 fully saturated rings. The standard InChI is InChI=1S/C74H46N12O2/c1-3-41(2)44-31-45(42-18-20-64-49(34-42)51-36-47(83-56-12-5-24-77-67(56)68-57(83)13-6-25-78-68)38-62(73(51)87-64)85-54-22-30-75-40-53(54)66-55(85)11-4-23-76-66)33-46(32-44)43-19-21-65-50(35-43)52-37-48(84-58-14-7-26-79-69(58)70-59(84)15-8-27-80-70)39-63(74(52)88-65)86-60-16-9-28-81-71(60)72-61(86)17-10-29-82-72/h4-41H,3H2,1-2H3. The van der Waals surface area contributed by atoms with Gasteiger partial charge >= 0.3 is 0 Å². The van der Waals surface area contributed by atoms with Crippen molar-refractivity contribution >= 4 is 132 Å². The van der Waals surface area contributed by atoms with Gasteiger partial charge < -0.3 is 27.1 Å². The molecule has 0 aliphatic rings. The summed E-state index contributed by atoms with van der Waals surface area (Å²) in [5.74, 6) is 0.280. The molecule has 0 radical (unpaired) electrons. The van der Waals surface area contributed by atoms with Crippen molar-refractivity contribution in [1.82, 2.24) is 58.1 Å². The lowest BCUT2D eigenvalue weighted by Gasteiger charge is -2.15. The molecule has 0 aliphatic carbocycles. The molecule has 5 aromatic carbocycles. The van der Waals surface area contributed by atoms with Gasteiger partial charge in [0.05, 0.1) is 61.0 Å². The molecule has 0 spiro atoms. The van der Waals surface area contributed by atoms with Crippen LogP contribution in [0, 0.1) is 0 Å². The maximum atomic E-state index is 7.12. The van der Waals surface area contributed by atoms with Crippen molar-refractivity contribution in [3.05, 3.63) is 231 Å². The Morgan fingerprint density at radius 3 is 1.15 bits per heavy atom. The fourth-order valence-electron chi connectivity index (χ4n) is 13.8. The lowest BCUT2D eigenvalue weighted by molar-refractivity contribution is 0.666. The number of benzene rings is 5. The van der Waals surface area contributed by atoms with Gasteiger partial charge in [-0.3, -0.25) is 39.9 Å². The van der Waals surface area contributed by atoms with Crippen LogP contribution in [-0.2, 0) is 0 Å². The molecular weight excluding hydrogens is 1090 g/mol. The number of rotatable bonds is 8. The van der Waals surface area contributed by atoms with Crippen LogP contribution in [0.25, 0.3) is 177 Å². The van der Waals surface area contributed by atoms with E-state index in [0.29, 0.717) is 0 Å². The predicted octanol–water partition coefficient (Wildman–Crippen LogP) is 17.9.